The van der Waals surface area contributed by atoms with Crippen molar-refractivity contribution < 1.29 is 9.18 Å². The lowest BCUT2D eigenvalue weighted by Gasteiger charge is -2.05. The third-order valence-corrected chi connectivity index (χ3v) is 2.77. The van der Waals surface area contributed by atoms with Crippen LogP contribution in [0.5, 0.6) is 0 Å². The SMILES string of the molecule is Cc1ccc(F)c(C(=O)c2cc(N)cc(Cl)c2)c1. The first-order valence-electron chi connectivity index (χ1n) is 5.34. The monoisotopic (exact) mass is 263 g/mol. The van der Waals surface area contributed by atoms with Crippen molar-refractivity contribution in [2.45, 2.75) is 6.92 Å². The smallest absolute Gasteiger partial charge is 0.196 e. The molecule has 0 saturated carbocycles. The molecule has 0 spiro atoms. The molecule has 92 valence electrons. The molecular weight excluding hydrogens is 253 g/mol. The van der Waals surface area contributed by atoms with Crippen molar-refractivity contribution in [2.24, 2.45) is 0 Å². The molecule has 0 aliphatic carbocycles. The molecule has 0 radical (unpaired) electrons. The summed E-state index contributed by atoms with van der Waals surface area (Å²) in [6, 6.07) is 8.88. The minimum absolute atomic E-state index is 0.0247. The molecule has 2 nitrogen and oxygen atoms in total. The molecular formula is C14H11ClFNO. The van der Waals surface area contributed by atoms with Crippen molar-refractivity contribution in [1.82, 2.24) is 0 Å². The maximum atomic E-state index is 13.6. The van der Waals surface area contributed by atoms with Gasteiger partial charge in [0.15, 0.2) is 5.78 Å². The Morgan fingerprint density at radius 2 is 1.94 bits per heavy atom. The van der Waals surface area contributed by atoms with Gasteiger partial charge in [0.05, 0.1) is 5.56 Å². The van der Waals surface area contributed by atoms with Crippen LogP contribution in [0.4, 0.5) is 10.1 Å². The molecule has 4 heteroatoms. The van der Waals surface area contributed by atoms with Crippen LogP contribution in [-0.2, 0) is 0 Å². The van der Waals surface area contributed by atoms with Crippen LogP contribution < -0.4 is 5.73 Å². The molecule has 0 aliphatic rings. The lowest BCUT2D eigenvalue weighted by atomic mass is 10.0. The van der Waals surface area contributed by atoms with Gasteiger partial charge in [0.2, 0.25) is 0 Å². The number of ketones is 1. The van der Waals surface area contributed by atoms with Crippen molar-refractivity contribution in [3.05, 3.63) is 63.9 Å². The average Bonchev–Trinajstić information content (AvgIpc) is 2.30. The van der Waals surface area contributed by atoms with E-state index in [1.807, 2.05) is 0 Å². The fourth-order valence-corrected chi connectivity index (χ4v) is 1.96. The van der Waals surface area contributed by atoms with E-state index in [1.54, 1.807) is 13.0 Å². The van der Waals surface area contributed by atoms with E-state index in [9.17, 15) is 9.18 Å². The molecule has 0 bridgehead atoms. The lowest BCUT2D eigenvalue weighted by molar-refractivity contribution is 0.103. The first kappa shape index (κ1) is 12.6. The number of nitrogens with two attached hydrogens (primary N) is 1. The summed E-state index contributed by atoms with van der Waals surface area (Å²) in [5.74, 6) is -0.977. The highest BCUT2D eigenvalue weighted by Gasteiger charge is 2.15. The van der Waals surface area contributed by atoms with Crippen molar-refractivity contribution >= 4 is 23.1 Å². The van der Waals surface area contributed by atoms with E-state index in [0.29, 0.717) is 10.7 Å². The molecule has 0 saturated heterocycles. The number of anilines is 1. The van der Waals surface area contributed by atoms with Crippen LogP contribution in [0.2, 0.25) is 5.02 Å². The summed E-state index contributed by atoms with van der Waals surface area (Å²) in [6.07, 6.45) is 0. The van der Waals surface area contributed by atoms with Crippen LogP contribution in [-0.4, -0.2) is 5.78 Å². The maximum absolute atomic E-state index is 13.6. The molecule has 2 rings (SSSR count). The van der Waals surface area contributed by atoms with Gasteiger partial charge in [-0.25, -0.2) is 4.39 Å². The van der Waals surface area contributed by atoms with Crippen molar-refractivity contribution in [2.75, 3.05) is 5.73 Å². The molecule has 0 aromatic heterocycles. The van der Waals surface area contributed by atoms with Crippen LogP contribution in [0.1, 0.15) is 21.5 Å². The number of hydrogen-bond donors (Lipinski definition) is 1. The first-order valence-corrected chi connectivity index (χ1v) is 5.72. The maximum Gasteiger partial charge on any atom is 0.196 e. The summed E-state index contributed by atoms with van der Waals surface area (Å²) in [4.78, 5) is 12.2. The third kappa shape index (κ3) is 2.51. The number of carbonyl (C=O) groups is 1. The molecule has 0 unspecified atom stereocenters. The Kier molecular flexibility index (Phi) is 3.34. The van der Waals surface area contributed by atoms with Gasteiger partial charge in [-0.15, -0.1) is 0 Å². The van der Waals surface area contributed by atoms with E-state index >= 15 is 0 Å². The number of carbonyl (C=O) groups excluding carboxylic acids is 1. The number of halogens is 2. The minimum Gasteiger partial charge on any atom is -0.399 e. The quantitative estimate of drug-likeness (QED) is 0.664. The Morgan fingerprint density at radius 1 is 1.22 bits per heavy atom. The van der Waals surface area contributed by atoms with Crippen LogP contribution >= 0.6 is 11.6 Å². The van der Waals surface area contributed by atoms with Gasteiger partial charge >= 0.3 is 0 Å². The van der Waals surface area contributed by atoms with Gasteiger partial charge in [0.25, 0.3) is 0 Å². The summed E-state index contributed by atoms with van der Waals surface area (Å²) < 4.78 is 13.6. The Morgan fingerprint density at radius 3 is 2.61 bits per heavy atom. The predicted octanol–water partition coefficient (Wildman–Crippen LogP) is 3.60. The Hall–Kier alpha value is -1.87. The van der Waals surface area contributed by atoms with Crippen molar-refractivity contribution in [3.8, 4) is 0 Å². The highest BCUT2D eigenvalue weighted by molar-refractivity contribution is 6.31. The minimum atomic E-state index is -0.552. The molecule has 2 aromatic rings. The Labute approximate surface area is 109 Å². The highest BCUT2D eigenvalue weighted by atomic mass is 35.5. The number of nitrogen functional groups attached to an aromatic ring is 1. The Balaban J connectivity index is 2.51. The van der Waals surface area contributed by atoms with Gasteiger partial charge in [-0.05, 0) is 37.3 Å². The number of aryl methyl sites for hydroxylation is 1. The average molecular weight is 264 g/mol. The second kappa shape index (κ2) is 4.78. The lowest BCUT2D eigenvalue weighted by Crippen LogP contribution is -2.05. The molecule has 2 N–H and O–H groups in total. The molecule has 0 amide bonds. The van der Waals surface area contributed by atoms with Crippen LogP contribution in [0, 0.1) is 12.7 Å². The Bertz CT molecular complexity index is 605. The second-order valence-electron chi connectivity index (χ2n) is 4.09. The summed E-state index contributed by atoms with van der Waals surface area (Å²) in [7, 11) is 0. The normalized spacial score (nSPS) is 10.4. The molecule has 18 heavy (non-hydrogen) atoms. The number of rotatable bonds is 2. The second-order valence-corrected chi connectivity index (χ2v) is 4.52. The predicted molar refractivity (Wildman–Crippen MR) is 70.4 cm³/mol. The number of benzene rings is 2. The topological polar surface area (TPSA) is 43.1 Å². The van der Waals surface area contributed by atoms with Gasteiger partial charge < -0.3 is 5.73 Å². The molecule has 0 fully saturated rings. The first-order chi connectivity index (χ1) is 8.47. The van der Waals surface area contributed by atoms with E-state index in [-0.39, 0.29) is 11.1 Å². The zero-order valence-corrected chi connectivity index (χ0v) is 10.5. The van der Waals surface area contributed by atoms with Crippen LogP contribution in [0.15, 0.2) is 36.4 Å². The molecule has 0 heterocycles. The van der Waals surface area contributed by atoms with Crippen molar-refractivity contribution in [1.29, 1.82) is 0 Å². The summed E-state index contributed by atoms with van der Waals surface area (Å²) >= 11 is 5.83. The summed E-state index contributed by atoms with van der Waals surface area (Å²) in [6.45, 7) is 1.79. The zero-order valence-electron chi connectivity index (χ0n) is 9.71. The van der Waals surface area contributed by atoms with E-state index in [2.05, 4.69) is 0 Å². The van der Waals surface area contributed by atoms with Crippen LogP contribution in [0.3, 0.4) is 0 Å². The standard InChI is InChI=1S/C14H11ClFNO/c1-8-2-3-13(16)12(4-8)14(18)9-5-10(15)7-11(17)6-9/h2-7H,17H2,1H3. The highest BCUT2D eigenvalue weighted by Crippen LogP contribution is 2.21. The molecule has 2 aromatic carbocycles. The van der Waals surface area contributed by atoms with Gasteiger partial charge in [-0.3, -0.25) is 4.79 Å². The summed E-state index contributed by atoms with van der Waals surface area (Å²) in [5.41, 5.74) is 7.11. The van der Waals surface area contributed by atoms with Gasteiger partial charge in [0, 0.05) is 16.3 Å². The van der Waals surface area contributed by atoms with Crippen LogP contribution in [0.25, 0.3) is 0 Å². The molecule has 0 atom stereocenters. The van der Waals surface area contributed by atoms with E-state index in [1.165, 1.54) is 30.3 Å². The van der Waals surface area contributed by atoms with Gasteiger partial charge in [0.1, 0.15) is 5.82 Å². The van der Waals surface area contributed by atoms with Gasteiger partial charge in [-0.1, -0.05) is 23.2 Å². The largest absolute Gasteiger partial charge is 0.399 e. The van der Waals surface area contributed by atoms with E-state index in [0.717, 1.165) is 5.56 Å². The van der Waals surface area contributed by atoms with Crippen molar-refractivity contribution in [3.63, 3.8) is 0 Å². The zero-order chi connectivity index (χ0) is 13.3. The fraction of sp³-hybridized carbons (Fsp3) is 0.0714. The third-order valence-electron chi connectivity index (χ3n) is 2.55. The van der Waals surface area contributed by atoms with E-state index in [4.69, 9.17) is 17.3 Å². The van der Waals surface area contributed by atoms with Gasteiger partial charge in [-0.2, -0.15) is 0 Å². The molecule has 0 aliphatic heterocycles. The summed E-state index contributed by atoms with van der Waals surface area (Å²) in [5, 5.41) is 0.353. The van der Waals surface area contributed by atoms with E-state index < -0.39 is 11.6 Å². The fourth-order valence-electron chi connectivity index (χ4n) is 1.71. The number of hydrogen-bond acceptors (Lipinski definition) is 2.